The Morgan fingerprint density at radius 2 is 2.20 bits per heavy atom. The number of aromatic nitrogens is 2. The molecule has 4 nitrogen and oxygen atoms in total. The monoisotopic (exact) mass is 293 g/mol. The van der Waals surface area contributed by atoms with E-state index in [0.717, 1.165) is 23.4 Å². The molecule has 0 radical (unpaired) electrons. The Balaban J connectivity index is 1.82. The summed E-state index contributed by atoms with van der Waals surface area (Å²) in [4.78, 5) is 11.8. The van der Waals surface area contributed by atoms with E-state index in [1.165, 1.54) is 23.5 Å². The molecule has 1 N–H and O–H groups in total. The van der Waals surface area contributed by atoms with E-state index < -0.39 is 0 Å². The number of rotatable bonds is 6. The van der Waals surface area contributed by atoms with Crippen LogP contribution in [0.2, 0.25) is 0 Å². The zero-order valence-corrected chi connectivity index (χ0v) is 12.0. The summed E-state index contributed by atoms with van der Waals surface area (Å²) in [5.41, 5.74) is 0.809. The molecule has 0 unspecified atom stereocenters. The first-order chi connectivity index (χ1) is 9.67. The normalized spacial score (nSPS) is 10.5. The molecule has 0 saturated heterocycles. The first-order valence-electron chi connectivity index (χ1n) is 6.54. The molecule has 1 heterocycles. The molecule has 6 heteroatoms. The number of amides is 1. The summed E-state index contributed by atoms with van der Waals surface area (Å²) < 4.78 is 13.0. The third kappa shape index (κ3) is 4.38. The molecule has 0 spiro atoms. The minimum atomic E-state index is -0.281. The molecule has 1 aromatic heterocycles. The van der Waals surface area contributed by atoms with Crippen LogP contribution in [-0.4, -0.2) is 16.1 Å². The van der Waals surface area contributed by atoms with E-state index in [9.17, 15) is 9.18 Å². The van der Waals surface area contributed by atoms with Gasteiger partial charge in [0.2, 0.25) is 11.0 Å². The van der Waals surface area contributed by atoms with Crippen molar-refractivity contribution in [1.82, 2.24) is 10.2 Å². The van der Waals surface area contributed by atoms with E-state index in [4.69, 9.17) is 0 Å². The molecule has 0 bridgehead atoms. The number of nitrogens with zero attached hydrogens (tertiary/aromatic N) is 2. The van der Waals surface area contributed by atoms with Crippen molar-refractivity contribution < 1.29 is 9.18 Å². The molecule has 20 heavy (non-hydrogen) atoms. The Hall–Kier alpha value is -1.82. The fraction of sp³-hybridized carbons (Fsp3) is 0.357. The molecule has 2 rings (SSSR count). The van der Waals surface area contributed by atoms with Crippen LogP contribution < -0.4 is 5.32 Å². The third-order valence-corrected chi connectivity index (χ3v) is 3.61. The topological polar surface area (TPSA) is 54.9 Å². The van der Waals surface area contributed by atoms with E-state index in [1.54, 1.807) is 12.1 Å². The first-order valence-corrected chi connectivity index (χ1v) is 7.35. The predicted octanol–water partition coefficient (Wildman–Crippen LogP) is 3.20. The molecule has 0 saturated carbocycles. The lowest BCUT2D eigenvalue weighted by molar-refractivity contribution is -0.116. The standard InChI is InChI=1S/C14H16FN3OS/c1-2-4-13-17-18-14(20-13)16-12(19)8-7-10-5-3-6-11(15)9-10/h3,5-6,9H,2,4,7-8H2,1H3,(H,16,18,19). The predicted molar refractivity (Wildman–Crippen MR) is 77.3 cm³/mol. The van der Waals surface area contributed by atoms with Gasteiger partial charge in [-0.15, -0.1) is 10.2 Å². The Labute approximate surface area is 121 Å². The fourth-order valence-corrected chi connectivity index (χ4v) is 2.61. The molecule has 0 aliphatic heterocycles. The number of anilines is 1. The van der Waals surface area contributed by atoms with Crippen molar-refractivity contribution in [2.45, 2.75) is 32.6 Å². The quantitative estimate of drug-likeness (QED) is 0.890. The summed E-state index contributed by atoms with van der Waals surface area (Å²) in [7, 11) is 0. The maximum absolute atomic E-state index is 13.0. The molecule has 0 atom stereocenters. The number of hydrogen-bond donors (Lipinski definition) is 1. The Morgan fingerprint density at radius 1 is 1.35 bits per heavy atom. The molecule has 1 amide bonds. The summed E-state index contributed by atoms with van der Waals surface area (Å²) in [5.74, 6) is -0.412. The molecule has 0 aliphatic carbocycles. The Morgan fingerprint density at radius 3 is 2.95 bits per heavy atom. The van der Waals surface area contributed by atoms with Gasteiger partial charge in [0.15, 0.2) is 0 Å². The van der Waals surface area contributed by atoms with Crippen LogP contribution in [0.1, 0.15) is 30.3 Å². The molecular formula is C14H16FN3OS. The van der Waals surface area contributed by atoms with Crippen molar-refractivity contribution in [2.75, 3.05) is 5.32 Å². The van der Waals surface area contributed by atoms with Crippen LogP contribution >= 0.6 is 11.3 Å². The van der Waals surface area contributed by atoms with Crippen LogP contribution in [0.25, 0.3) is 0 Å². The maximum Gasteiger partial charge on any atom is 0.226 e. The van der Waals surface area contributed by atoms with Gasteiger partial charge >= 0.3 is 0 Å². The van der Waals surface area contributed by atoms with Crippen LogP contribution in [0.4, 0.5) is 9.52 Å². The van der Waals surface area contributed by atoms with Gasteiger partial charge in [-0.1, -0.05) is 30.4 Å². The minimum absolute atomic E-state index is 0.131. The smallest absolute Gasteiger partial charge is 0.226 e. The zero-order chi connectivity index (χ0) is 14.4. The van der Waals surface area contributed by atoms with Gasteiger partial charge in [0, 0.05) is 12.8 Å². The van der Waals surface area contributed by atoms with E-state index >= 15 is 0 Å². The first kappa shape index (κ1) is 14.6. The molecule has 2 aromatic rings. The van der Waals surface area contributed by atoms with Crippen LogP contribution in [0.3, 0.4) is 0 Å². The molecule has 1 aromatic carbocycles. The minimum Gasteiger partial charge on any atom is -0.301 e. The molecule has 0 aliphatic rings. The van der Waals surface area contributed by atoms with Crippen molar-refractivity contribution in [1.29, 1.82) is 0 Å². The number of halogens is 1. The number of carbonyl (C=O) groups is 1. The van der Waals surface area contributed by atoms with Gasteiger partial charge in [-0.05, 0) is 30.5 Å². The highest BCUT2D eigenvalue weighted by molar-refractivity contribution is 7.15. The van der Waals surface area contributed by atoms with Crippen molar-refractivity contribution in [3.8, 4) is 0 Å². The van der Waals surface area contributed by atoms with Crippen LogP contribution in [0.15, 0.2) is 24.3 Å². The summed E-state index contributed by atoms with van der Waals surface area (Å²) >= 11 is 1.40. The number of carbonyl (C=O) groups excluding carboxylic acids is 1. The van der Waals surface area contributed by atoms with E-state index in [-0.39, 0.29) is 11.7 Å². The lowest BCUT2D eigenvalue weighted by Crippen LogP contribution is -2.12. The number of nitrogens with one attached hydrogen (secondary N) is 1. The highest BCUT2D eigenvalue weighted by Crippen LogP contribution is 2.17. The van der Waals surface area contributed by atoms with Gasteiger partial charge in [0.1, 0.15) is 10.8 Å². The molecular weight excluding hydrogens is 277 g/mol. The van der Waals surface area contributed by atoms with Gasteiger partial charge in [-0.2, -0.15) is 0 Å². The summed E-state index contributed by atoms with van der Waals surface area (Å²) in [6.07, 6.45) is 2.68. The summed E-state index contributed by atoms with van der Waals surface area (Å²) in [5, 5.41) is 12.1. The van der Waals surface area contributed by atoms with Crippen LogP contribution in [0, 0.1) is 5.82 Å². The van der Waals surface area contributed by atoms with Crippen molar-refractivity contribution in [2.24, 2.45) is 0 Å². The van der Waals surface area contributed by atoms with Crippen LogP contribution in [0.5, 0.6) is 0 Å². The van der Waals surface area contributed by atoms with Gasteiger partial charge in [-0.25, -0.2) is 4.39 Å². The SMILES string of the molecule is CCCc1nnc(NC(=O)CCc2cccc(F)c2)s1. The number of hydrogen-bond acceptors (Lipinski definition) is 4. The third-order valence-electron chi connectivity index (χ3n) is 2.71. The number of benzene rings is 1. The average molecular weight is 293 g/mol. The second-order valence-electron chi connectivity index (χ2n) is 4.43. The van der Waals surface area contributed by atoms with E-state index in [0.29, 0.717) is 18.0 Å². The highest BCUT2D eigenvalue weighted by atomic mass is 32.1. The van der Waals surface area contributed by atoms with Crippen molar-refractivity contribution >= 4 is 22.4 Å². The van der Waals surface area contributed by atoms with Gasteiger partial charge in [0.25, 0.3) is 0 Å². The maximum atomic E-state index is 13.0. The number of aryl methyl sites for hydroxylation is 2. The zero-order valence-electron chi connectivity index (χ0n) is 11.2. The van der Waals surface area contributed by atoms with Gasteiger partial charge < -0.3 is 5.32 Å². The highest BCUT2D eigenvalue weighted by Gasteiger charge is 2.08. The van der Waals surface area contributed by atoms with E-state index in [2.05, 4.69) is 22.4 Å². The summed E-state index contributed by atoms with van der Waals surface area (Å²) in [6, 6.07) is 6.28. The molecule has 106 valence electrons. The Bertz CT molecular complexity index is 585. The van der Waals surface area contributed by atoms with Crippen molar-refractivity contribution in [3.05, 3.63) is 40.7 Å². The average Bonchev–Trinajstić information content (AvgIpc) is 2.84. The van der Waals surface area contributed by atoms with Crippen molar-refractivity contribution in [3.63, 3.8) is 0 Å². The second-order valence-corrected chi connectivity index (χ2v) is 5.49. The lowest BCUT2D eigenvalue weighted by Gasteiger charge is -2.02. The van der Waals surface area contributed by atoms with Gasteiger partial charge in [0.05, 0.1) is 0 Å². The Kier molecular flexibility index (Phi) is 5.17. The molecule has 0 fully saturated rings. The largest absolute Gasteiger partial charge is 0.301 e. The lowest BCUT2D eigenvalue weighted by atomic mass is 10.1. The van der Waals surface area contributed by atoms with Gasteiger partial charge in [-0.3, -0.25) is 4.79 Å². The second kappa shape index (κ2) is 7.09. The fourth-order valence-electron chi connectivity index (χ4n) is 1.75. The van der Waals surface area contributed by atoms with E-state index in [1.807, 2.05) is 0 Å². The van der Waals surface area contributed by atoms with Crippen LogP contribution in [-0.2, 0) is 17.6 Å². The summed E-state index contributed by atoms with van der Waals surface area (Å²) in [6.45, 7) is 2.07.